The molecular formula is C16H9Cl3F3NO. The van der Waals surface area contributed by atoms with Gasteiger partial charge < -0.3 is 5.32 Å². The summed E-state index contributed by atoms with van der Waals surface area (Å²) >= 11 is 17.4. The molecule has 1 N–H and O–H groups in total. The van der Waals surface area contributed by atoms with E-state index in [0.29, 0.717) is 15.6 Å². The highest BCUT2D eigenvalue weighted by atomic mass is 35.5. The highest BCUT2D eigenvalue weighted by Crippen LogP contribution is 2.36. The van der Waals surface area contributed by atoms with Gasteiger partial charge in [-0.25, -0.2) is 0 Å². The van der Waals surface area contributed by atoms with Crippen molar-refractivity contribution in [1.29, 1.82) is 0 Å². The van der Waals surface area contributed by atoms with Crippen molar-refractivity contribution in [3.8, 4) is 0 Å². The number of anilines is 1. The van der Waals surface area contributed by atoms with Crippen molar-refractivity contribution in [1.82, 2.24) is 0 Å². The van der Waals surface area contributed by atoms with Crippen molar-refractivity contribution in [3.05, 3.63) is 68.7 Å². The highest BCUT2D eigenvalue weighted by Gasteiger charge is 2.33. The second kappa shape index (κ2) is 7.47. The van der Waals surface area contributed by atoms with Crippen LogP contribution in [0.3, 0.4) is 0 Å². The Hall–Kier alpha value is -1.69. The number of halogens is 6. The van der Waals surface area contributed by atoms with Crippen LogP contribution in [0.2, 0.25) is 15.1 Å². The first-order valence-electron chi connectivity index (χ1n) is 6.48. The Morgan fingerprint density at radius 3 is 2.21 bits per heavy atom. The van der Waals surface area contributed by atoms with E-state index in [2.05, 4.69) is 5.32 Å². The molecule has 0 aliphatic carbocycles. The molecule has 0 aliphatic rings. The monoisotopic (exact) mass is 393 g/mol. The first-order chi connectivity index (χ1) is 11.2. The molecule has 8 heteroatoms. The maximum absolute atomic E-state index is 12.8. The average molecular weight is 395 g/mol. The molecule has 0 atom stereocenters. The van der Waals surface area contributed by atoms with Crippen molar-refractivity contribution in [3.63, 3.8) is 0 Å². The normalized spacial score (nSPS) is 11.8. The Morgan fingerprint density at radius 1 is 1.00 bits per heavy atom. The fourth-order valence-electron chi connectivity index (χ4n) is 1.83. The molecule has 0 radical (unpaired) electrons. The molecule has 1 amide bonds. The molecule has 2 nitrogen and oxygen atoms in total. The average Bonchev–Trinajstić information content (AvgIpc) is 2.47. The summed E-state index contributed by atoms with van der Waals surface area (Å²) in [6.45, 7) is 0. The van der Waals surface area contributed by atoms with E-state index in [9.17, 15) is 18.0 Å². The molecule has 126 valence electrons. The predicted octanol–water partition coefficient (Wildman–Crippen LogP) is 6.32. The van der Waals surface area contributed by atoms with E-state index in [1.165, 1.54) is 12.1 Å². The number of hydrogen-bond acceptors (Lipinski definition) is 1. The lowest BCUT2D eigenvalue weighted by atomic mass is 10.2. The van der Waals surface area contributed by atoms with Crippen LogP contribution < -0.4 is 5.32 Å². The number of nitrogens with one attached hydrogen (secondary N) is 1. The van der Waals surface area contributed by atoms with Crippen molar-refractivity contribution in [2.75, 3.05) is 5.32 Å². The number of benzene rings is 2. The minimum absolute atomic E-state index is 0.0355. The zero-order valence-electron chi connectivity index (χ0n) is 11.8. The van der Waals surface area contributed by atoms with Gasteiger partial charge in [-0.05, 0) is 36.4 Å². The fraction of sp³-hybridized carbons (Fsp3) is 0.0625. The van der Waals surface area contributed by atoms with Crippen molar-refractivity contribution in [2.24, 2.45) is 0 Å². The van der Waals surface area contributed by atoms with E-state index < -0.39 is 22.7 Å². The second-order valence-corrected chi connectivity index (χ2v) is 5.87. The van der Waals surface area contributed by atoms with E-state index in [0.717, 1.165) is 18.2 Å². The lowest BCUT2D eigenvalue weighted by Crippen LogP contribution is -2.11. The van der Waals surface area contributed by atoms with Crippen LogP contribution in [0.4, 0.5) is 18.9 Å². The maximum Gasteiger partial charge on any atom is 0.417 e. The zero-order valence-corrected chi connectivity index (χ0v) is 14.1. The molecule has 0 saturated heterocycles. The summed E-state index contributed by atoms with van der Waals surface area (Å²) in [5.41, 5.74) is -0.630. The van der Waals surface area contributed by atoms with Crippen LogP contribution in [-0.4, -0.2) is 5.91 Å². The topological polar surface area (TPSA) is 29.1 Å². The van der Waals surface area contributed by atoms with Crippen molar-refractivity contribution in [2.45, 2.75) is 6.18 Å². The molecule has 2 aromatic carbocycles. The third-order valence-corrected chi connectivity index (χ3v) is 3.93. The first-order valence-corrected chi connectivity index (χ1v) is 7.61. The zero-order chi connectivity index (χ0) is 17.9. The van der Waals surface area contributed by atoms with E-state index in [1.807, 2.05) is 0 Å². The maximum atomic E-state index is 12.8. The Kier molecular flexibility index (Phi) is 5.80. The van der Waals surface area contributed by atoms with Crippen LogP contribution in [0, 0.1) is 0 Å². The molecule has 0 aliphatic heterocycles. The van der Waals surface area contributed by atoms with E-state index in [-0.39, 0.29) is 5.69 Å². The van der Waals surface area contributed by atoms with Gasteiger partial charge in [-0.3, -0.25) is 4.79 Å². The molecule has 0 fully saturated rings. The Morgan fingerprint density at radius 2 is 1.62 bits per heavy atom. The summed E-state index contributed by atoms with van der Waals surface area (Å²) in [7, 11) is 0. The third-order valence-electron chi connectivity index (χ3n) is 2.94. The lowest BCUT2D eigenvalue weighted by Gasteiger charge is -2.11. The smallest absolute Gasteiger partial charge is 0.322 e. The summed E-state index contributed by atoms with van der Waals surface area (Å²) in [5, 5.41) is 2.56. The number of amides is 1. The Bertz CT molecular complexity index is 783. The second-order valence-electron chi connectivity index (χ2n) is 4.65. The Labute approximate surface area is 150 Å². The highest BCUT2D eigenvalue weighted by molar-refractivity contribution is 6.37. The van der Waals surface area contributed by atoms with Crippen LogP contribution in [0.25, 0.3) is 6.08 Å². The molecule has 0 heterocycles. The van der Waals surface area contributed by atoms with Crippen LogP contribution >= 0.6 is 34.8 Å². The van der Waals surface area contributed by atoms with Gasteiger partial charge in [0.15, 0.2) is 0 Å². The van der Waals surface area contributed by atoms with Gasteiger partial charge in [0.05, 0.1) is 10.6 Å². The summed E-state index contributed by atoms with van der Waals surface area (Å²) in [4.78, 5) is 11.9. The van der Waals surface area contributed by atoms with Crippen LogP contribution in [0.15, 0.2) is 42.5 Å². The molecule has 2 rings (SSSR count). The van der Waals surface area contributed by atoms with Gasteiger partial charge in [-0.2, -0.15) is 13.2 Å². The number of alkyl halides is 3. The molecule has 2 aromatic rings. The summed E-state index contributed by atoms with van der Waals surface area (Å²) in [5.74, 6) is -0.638. The summed E-state index contributed by atoms with van der Waals surface area (Å²) < 4.78 is 38.4. The molecule has 24 heavy (non-hydrogen) atoms. The number of carbonyl (C=O) groups excluding carboxylic acids is 1. The molecule has 0 bridgehead atoms. The largest absolute Gasteiger partial charge is 0.417 e. The van der Waals surface area contributed by atoms with Gasteiger partial charge in [0, 0.05) is 27.4 Å². The SMILES string of the molecule is O=C(/C=C/c1c(Cl)cccc1Cl)Nc1ccc(Cl)c(C(F)(F)F)c1. The fourth-order valence-corrected chi connectivity index (χ4v) is 2.58. The van der Waals surface area contributed by atoms with Gasteiger partial charge in [-0.15, -0.1) is 0 Å². The van der Waals surface area contributed by atoms with Gasteiger partial charge >= 0.3 is 6.18 Å². The Balaban J connectivity index is 2.17. The summed E-state index contributed by atoms with van der Waals surface area (Å²) in [6.07, 6.45) is -2.12. The van der Waals surface area contributed by atoms with Crippen molar-refractivity contribution >= 4 is 52.5 Å². The van der Waals surface area contributed by atoms with E-state index in [1.54, 1.807) is 18.2 Å². The molecule has 0 spiro atoms. The van der Waals surface area contributed by atoms with Crippen LogP contribution in [-0.2, 0) is 11.0 Å². The molecular weight excluding hydrogens is 386 g/mol. The van der Waals surface area contributed by atoms with E-state index >= 15 is 0 Å². The van der Waals surface area contributed by atoms with Gasteiger partial charge in [0.25, 0.3) is 0 Å². The standard InChI is InChI=1S/C16H9Cl3F3NO/c17-12-2-1-3-13(18)10(12)5-7-15(24)23-9-4-6-14(19)11(8-9)16(20,21)22/h1-8H,(H,23,24)/b7-5+. The predicted molar refractivity (Wildman–Crippen MR) is 90.6 cm³/mol. The van der Waals surface area contributed by atoms with Crippen molar-refractivity contribution < 1.29 is 18.0 Å². The number of hydrogen-bond donors (Lipinski definition) is 1. The summed E-state index contributed by atoms with van der Waals surface area (Å²) in [6, 6.07) is 7.94. The quantitative estimate of drug-likeness (QED) is 0.607. The molecule has 0 unspecified atom stereocenters. The minimum Gasteiger partial charge on any atom is -0.322 e. The lowest BCUT2D eigenvalue weighted by molar-refractivity contribution is -0.137. The molecule has 0 saturated carbocycles. The molecule has 0 aromatic heterocycles. The van der Waals surface area contributed by atoms with Gasteiger partial charge in [0.2, 0.25) is 5.91 Å². The van der Waals surface area contributed by atoms with E-state index in [4.69, 9.17) is 34.8 Å². The number of carbonyl (C=O) groups is 1. The first kappa shape index (κ1) is 18.6. The van der Waals surface area contributed by atoms with Crippen LogP contribution in [0.5, 0.6) is 0 Å². The number of rotatable bonds is 3. The van der Waals surface area contributed by atoms with Gasteiger partial charge in [-0.1, -0.05) is 40.9 Å². The van der Waals surface area contributed by atoms with Gasteiger partial charge in [0.1, 0.15) is 0 Å². The van der Waals surface area contributed by atoms with Crippen LogP contribution in [0.1, 0.15) is 11.1 Å². The minimum atomic E-state index is -4.61. The third kappa shape index (κ3) is 4.66.